The summed E-state index contributed by atoms with van der Waals surface area (Å²) >= 11 is 0. The van der Waals surface area contributed by atoms with Crippen LogP contribution < -0.4 is 0 Å². The molecule has 132 valence electrons. The molecule has 2 heteroatoms. The van der Waals surface area contributed by atoms with Crippen LogP contribution in [-0.2, 0) is 6.42 Å². The molecule has 2 rings (SSSR count). The van der Waals surface area contributed by atoms with E-state index in [1.54, 1.807) is 6.08 Å². The van der Waals surface area contributed by atoms with Crippen LogP contribution in [0.3, 0.4) is 0 Å². The number of unbranched alkanes of at least 4 members (excludes halogenated alkanes) is 1. The van der Waals surface area contributed by atoms with Gasteiger partial charge in [-0.1, -0.05) is 68.3 Å². The molecule has 2 aromatic rings. The Labute approximate surface area is 157 Å². The molecule has 0 spiro atoms. The Kier molecular flexibility index (Phi) is 7.66. The van der Waals surface area contributed by atoms with Crippen LogP contribution in [0.5, 0.6) is 0 Å². The molecule has 0 amide bonds. The van der Waals surface area contributed by atoms with Crippen molar-refractivity contribution in [3.63, 3.8) is 0 Å². The van der Waals surface area contributed by atoms with E-state index in [1.807, 2.05) is 0 Å². The van der Waals surface area contributed by atoms with E-state index in [1.165, 1.54) is 30.4 Å². The van der Waals surface area contributed by atoms with Gasteiger partial charge in [-0.25, -0.2) is 0 Å². The van der Waals surface area contributed by atoms with Gasteiger partial charge in [0.1, 0.15) is 13.1 Å². The van der Waals surface area contributed by atoms with E-state index < -0.39 is 0 Å². The average molecular weight is 342 g/mol. The second-order valence-electron chi connectivity index (χ2n) is 6.71. The Morgan fingerprint density at radius 3 is 2.38 bits per heavy atom. The zero-order valence-electron chi connectivity index (χ0n) is 15.7. The summed E-state index contributed by atoms with van der Waals surface area (Å²) in [6.45, 7) is 18.4. The van der Waals surface area contributed by atoms with Crippen LogP contribution in [0.2, 0.25) is 0 Å². The first-order valence-electron chi connectivity index (χ1n) is 9.29. The van der Waals surface area contributed by atoms with Crippen molar-refractivity contribution in [2.75, 3.05) is 0 Å². The fourth-order valence-corrected chi connectivity index (χ4v) is 3.26. The number of nitrogens with zero attached hydrogens (tertiary/aromatic N) is 2. The molecule has 2 nitrogen and oxygen atoms in total. The van der Waals surface area contributed by atoms with Crippen LogP contribution in [0.1, 0.15) is 60.8 Å². The molecule has 0 aliphatic rings. The molecule has 0 aromatic heterocycles. The Hall–Kier alpha value is -2.84. The zero-order chi connectivity index (χ0) is 18.8. The first kappa shape index (κ1) is 19.5. The minimum Gasteiger partial charge on any atom is -0.154 e. The van der Waals surface area contributed by atoms with Gasteiger partial charge in [0.25, 0.3) is 0 Å². The van der Waals surface area contributed by atoms with Gasteiger partial charge >= 0.3 is 5.82 Å². The van der Waals surface area contributed by atoms with Crippen molar-refractivity contribution in [1.82, 2.24) is 0 Å². The van der Waals surface area contributed by atoms with Gasteiger partial charge in [-0.3, -0.25) is 0 Å². The quantitative estimate of drug-likeness (QED) is 0.455. The van der Waals surface area contributed by atoms with E-state index in [0.717, 1.165) is 24.0 Å². The lowest BCUT2D eigenvalue weighted by Gasteiger charge is -2.18. The van der Waals surface area contributed by atoms with Gasteiger partial charge in [-0.05, 0) is 54.4 Å². The summed E-state index contributed by atoms with van der Waals surface area (Å²) in [6.07, 6.45) is 7.57. The van der Waals surface area contributed by atoms with E-state index in [9.17, 15) is 0 Å². The van der Waals surface area contributed by atoms with Gasteiger partial charge in [0.05, 0.1) is 0 Å². The molecular formula is C24H26N2. The van der Waals surface area contributed by atoms with Gasteiger partial charge in [-0.2, -0.15) is 9.69 Å². The maximum atomic E-state index is 7.05. The number of hydrogen-bond acceptors (Lipinski definition) is 0. The highest BCUT2D eigenvalue weighted by atomic mass is 14.9. The minimum absolute atomic E-state index is 0.118. The SMILES string of the molecule is [C-]#[N+]C(=Cc1ccc(C(CCCC)CCc2ccccc2)cc1C)[N+]#[C-]. The predicted octanol–water partition coefficient (Wildman–Crippen LogP) is 7.04. The first-order valence-corrected chi connectivity index (χ1v) is 9.29. The fraction of sp³-hybridized carbons (Fsp3) is 0.333. The van der Waals surface area contributed by atoms with Crippen molar-refractivity contribution in [3.8, 4) is 0 Å². The van der Waals surface area contributed by atoms with Gasteiger partial charge in [0.15, 0.2) is 0 Å². The summed E-state index contributed by atoms with van der Waals surface area (Å²) in [4.78, 5) is 6.52. The topological polar surface area (TPSA) is 8.72 Å². The monoisotopic (exact) mass is 342 g/mol. The van der Waals surface area contributed by atoms with Crippen molar-refractivity contribution >= 4 is 6.08 Å². The van der Waals surface area contributed by atoms with Crippen molar-refractivity contribution in [1.29, 1.82) is 0 Å². The molecule has 0 radical (unpaired) electrons. The largest absolute Gasteiger partial charge is 0.519 e. The van der Waals surface area contributed by atoms with E-state index in [0.29, 0.717) is 5.92 Å². The Bertz CT molecular complexity index is 804. The van der Waals surface area contributed by atoms with Gasteiger partial charge in [0.2, 0.25) is 0 Å². The summed E-state index contributed by atoms with van der Waals surface area (Å²) in [7, 11) is 0. The number of hydrogen-bond donors (Lipinski definition) is 0. The lowest BCUT2D eigenvalue weighted by atomic mass is 9.86. The molecule has 1 unspecified atom stereocenters. The molecule has 0 N–H and O–H groups in total. The number of rotatable bonds is 8. The first-order chi connectivity index (χ1) is 12.7. The molecule has 0 saturated heterocycles. The van der Waals surface area contributed by atoms with E-state index in [-0.39, 0.29) is 5.82 Å². The van der Waals surface area contributed by atoms with E-state index >= 15 is 0 Å². The zero-order valence-corrected chi connectivity index (χ0v) is 15.7. The average Bonchev–Trinajstić information content (AvgIpc) is 2.68. The summed E-state index contributed by atoms with van der Waals surface area (Å²) in [5.41, 5.74) is 4.86. The third kappa shape index (κ3) is 5.61. The van der Waals surface area contributed by atoms with E-state index in [4.69, 9.17) is 13.1 Å². The van der Waals surface area contributed by atoms with Crippen molar-refractivity contribution in [2.24, 2.45) is 0 Å². The van der Waals surface area contributed by atoms with Crippen molar-refractivity contribution < 1.29 is 0 Å². The summed E-state index contributed by atoms with van der Waals surface area (Å²) in [5, 5.41) is 0. The highest BCUT2D eigenvalue weighted by Gasteiger charge is 2.13. The molecule has 0 saturated carbocycles. The maximum absolute atomic E-state index is 7.05. The number of aryl methyl sites for hydroxylation is 2. The summed E-state index contributed by atoms with van der Waals surface area (Å²) < 4.78 is 0. The molecule has 26 heavy (non-hydrogen) atoms. The highest BCUT2D eigenvalue weighted by molar-refractivity contribution is 5.60. The maximum Gasteiger partial charge on any atom is 0.519 e. The third-order valence-electron chi connectivity index (χ3n) is 4.81. The normalized spacial score (nSPS) is 11.2. The molecule has 0 bridgehead atoms. The highest BCUT2D eigenvalue weighted by Crippen LogP contribution is 2.29. The lowest BCUT2D eigenvalue weighted by molar-refractivity contribution is 0.547. The molecule has 0 aliphatic carbocycles. The minimum atomic E-state index is 0.118. The van der Waals surface area contributed by atoms with Crippen molar-refractivity contribution in [2.45, 2.75) is 51.9 Å². The molecule has 1 atom stereocenters. The van der Waals surface area contributed by atoms with E-state index in [2.05, 4.69) is 72.1 Å². The Balaban J connectivity index is 2.19. The van der Waals surface area contributed by atoms with Crippen LogP contribution in [0.15, 0.2) is 54.4 Å². The molecule has 0 heterocycles. The molecule has 0 aliphatic heterocycles. The Morgan fingerprint density at radius 2 is 1.77 bits per heavy atom. The van der Waals surface area contributed by atoms with Crippen molar-refractivity contribution in [3.05, 3.63) is 99.4 Å². The van der Waals surface area contributed by atoms with Crippen LogP contribution >= 0.6 is 0 Å². The van der Waals surface area contributed by atoms with Gasteiger partial charge < -0.3 is 0 Å². The number of benzene rings is 2. The van der Waals surface area contributed by atoms with Gasteiger partial charge in [0, 0.05) is 6.08 Å². The van der Waals surface area contributed by atoms with Crippen LogP contribution in [0.4, 0.5) is 0 Å². The van der Waals surface area contributed by atoms with Gasteiger partial charge in [-0.15, -0.1) is 0 Å². The standard InChI is InChI=1S/C24H26N2/c1-5-6-12-21(14-13-20-10-8-7-9-11-20)23-16-15-22(19(2)17-23)18-24(25-3)26-4/h7-11,15-18,21H,5-6,12-14H2,1-2H3. The molecule has 2 aromatic carbocycles. The van der Waals surface area contributed by atoms with Crippen LogP contribution in [0, 0.1) is 20.1 Å². The Morgan fingerprint density at radius 1 is 1.04 bits per heavy atom. The summed E-state index contributed by atoms with van der Waals surface area (Å²) in [5.74, 6) is 0.667. The van der Waals surface area contributed by atoms with Crippen LogP contribution in [0.25, 0.3) is 15.8 Å². The van der Waals surface area contributed by atoms with Crippen LogP contribution in [-0.4, -0.2) is 0 Å². The predicted molar refractivity (Wildman–Crippen MR) is 109 cm³/mol. The lowest BCUT2D eigenvalue weighted by Crippen LogP contribution is -2.02. The third-order valence-corrected chi connectivity index (χ3v) is 4.81. The second-order valence-corrected chi connectivity index (χ2v) is 6.71. The molecule has 0 fully saturated rings. The summed E-state index contributed by atoms with van der Waals surface area (Å²) in [6, 6.07) is 17.1. The molecular weight excluding hydrogens is 316 g/mol. The smallest absolute Gasteiger partial charge is 0.154 e. The fourth-order valence-electron chi connectivity index (χ4n) is 3.26. The second kappa shape index (κ2) is 10.2.